The normalized spacial score (nSPS) is 14.9. The minimum Gasteiger partial charge on any atom is -0.484 e. The number of benzene rings is 2. The van der Waals surface area contributed by atoms with Crippen LogP contribution in [0.1, 0.15) is 11.1 Å². The zero-order chi connectivity index (χ0) is 20.8. The SMILES string of the molecule is C=CCN1C(=O)/C(=C/c2cccc(OCC(=O)Nc3ccccc3C)c2)SC1=S. The number of aryl methyl sites for hydroxylation is 1. The first-order chi connectivity index (χ1) is 14.0. The number of thioether (sulfide) groups is 1. The Kier molecular flexibility index (Phi) is 6.85. The van der Waals surface area contributed by atoms with E-state index in [4.69, 9.17) is 17.0 Å². The number of hydrogen-bond acceptors (Lipinski definition) is 5. The summed E-state index contributed by atoms with van der Waals surface area (Å²) in [5.41, 5.74) is 2.54. The lowest BCUT2D eigenvalue weighted by atomic mass is 10.2. The van der Waals surface area contributed by atoms with Gasteiger partial charge in [-0.3, -0.25) is 14.5 Å². The molecule has 148 valence electrons. The van der Waals surface area contributed by atoms with E-state index in [0.717, 1.165) is 16.8 Å². The first-order valence-corrected chi connectivity index (χ1v) is 10.1. The molecule has 0 unspecified atom stereocenters. The third kappa shape index (κ3) is 5.34. The molecular formula is C22H20N2O3S2. The number of para-hydroxylation sites is 1. The summed E-state index contributed by atoms with van der Waals surface area (Å²) in [4.78, 5) is 26.6. The molecule has 0 aliphatic carbocycles. The molecule has 1 aliphatic heterocycles. The van der Waals surface area contributed by atoms with Crippen LogP contribution in [0.15, 0.2) is 66.1 Å². The molecule has 0 spiro atoms. The number of hydrogen-bond donors (Lipinski definition) is 1. The molecule has 29 heavy (non-hydrogen) atoms. The molecule has 1 fully saturated rings. The van der Waals surface area contributed by atoms with Gasteiger partial charge in [0.1, 0.15) is 10.1 Å². The third-order valence-corrected chi connectivity index (χ3v) is 5.51. The van der Waals surface area contributed by atoms with E-state index in [-0.39, 0.29) is 18.4 Å². The lowest BCUT2D eigenvalue weighted by Gasteiger charge is -2.10. The van der Waals surface area contributed by atoms with Gasteiger partial charge >= 0.3 is 0 Å². The molecule has 5 nitrogen and oxygen atoms in total. The first-order valence-electron chi connectivity index (χ1n) is 8.92. The van der Waals surface area contributed by atoms with Crippen LogP contribution in [-0.4, -0.2) is 34.2 Å². The summed E-state index contributed by atoms with van der Waals surface area (Å²) < 4.78 is 6.13. The van der Waals surface area contributed by atoms with Gasteiger partial charge in [0.05, 0.1) is 4.91 Å². The van der Waals surface area contributed by atoms with E-state index in [0.29, 0.717) is 21.5 Å². The minimum atomic E-state index is -0.241. The maximum atomic E-state index is 12.4. The summed E-state index contributed by atoms with van der Waals surface area (Å²) in [6.07, 6.45) is 3.41. The highest BCUT2D eigenvalue weighted by molar-refractivity contribution is 8.26. The van der Waals surface area contributed by atoms with E-state index < -0.39 is 0 Å². The van der Waals surface area contributed by atoms with Crippen LogP contribution in [0.25, 0.3) is 6.08 Å². The fourth-order valence-electron chi connectivity index (χ4n) is 2.68. The number of anilines is 1. The molecule has 0 bridgehead atoms. The van der Waals surface area contributed by atoms with Crippen molar-refractivity contribution >= 4 is 51.9 Å². The Balaban J connectivity index is 1.63. The summed E-state index contributed by atoms with van der Waals surface area (Å²) in [5, 5.41) is 2.83. The van der Waals surface area contributed by atoms with Crippen LogP contribution in [0.4, 0.5) is 5.69 Å². The summed E-state index contributed by atoms with van der Waals surface area (Å²) in [7, 11) is 0. The van der Waals surface area contributed by atoms with Crippen molar-refractivity contribution in [2.45, 2.75) is 6.92 Å². The van der Waals surface area contributed by atoms with Gasteiger partial charge in [-0.05, 0) is 42.3 Å². The second-order valence-electron chi connectivity index (χ2n) is 6.31. The molecule has 0 atom stereocenters. The summed E-state index contributed by atoms with van der Waals surface area (Å²) in [6, 6.07) is 14.8. The minimum absolute atomic E-state index is 0.112. The number of thiocarbonyl (C=S) groups is 1. The Morgan fingerprint density at radius 2 is 2.07 bits per heavy atom. The molecule has 2 aromatic rings. The molecule has 3 rings (SSSR count). The molecule has 7 heteroatoms. The molecule has 0 saturated carbocycles. The van der Waals surface area contributed by atoms with Crippen molar-refractivity contribution < 1.29 is 14.3 Å². The maximum absolute atomic E-state index is 12.4. The van der Waals surface area contributed by atoms with Crippen LogP contribution in [0.3, 0.4) is 0 Å². The van der Waals surface area contributed by atoms with Crippen LogP contribution in [0.5, 0.6) is 5.75 Å². The molecule has 2 amide bonds. The van der Waals surface area contributed by atoms with Crippen LogP contribution < -0.4 is 10.1 Å². The third-order valence-electron chi connectivity index (χ3n) is 4.13. The average Bonchev–Trinajstić information content (AvgIpc) is 2.96. The van der Waals surface area contributed by atoms with Gasteiger partial charge in [0.25, 0.3) is 11.8 Å². The number of amides is 2. The number of carbonyl (C=O) groups excluding carboxylic acids is 2. The molecule has 2 aromatic carbocycles. The first kappa shape index (κ1) is 20.8. The predicted molar refractivity (Wildman–Crippen MR) is 122 cm³/mol. The number of nitrogens with zero attached hydrogens (tertiary/aromatic N) is 1. The Hall–Kier alpha value is -2.90. The van der Waals surface area contributed by atoms with Crippen LogP contribution in [0, 0.1) is 6.92 Å². The van der Waals surface area contributed by atoms with Gasteiger partial charge in [-0.1, -0.05) is 60.4 Å². The van der Waals surface area contributed by atoms with Crippen molar-refractivity contribution in [3.63, 3.8) is 0 Å². The van der Waals surface area contributed by atoms with Gasteiger partial charge < -0.3 is 10.1 Å². The van der Waals surface area contributed by atoms with Crippen molar-refractivity contribution in [3.05, 3.63) is 77.2 Å². The smallest absolute Gasteiger partial charge is 0.266 e. The number of nitrogens with one attached hydrogen (secondary N) is 1. The molecular weight excluding hydrogens is 404 g/mol. The van der Waals surface area contributed by atoms with Crippen molar-refractivity contribution in [3.8, 4) is 5.75 Å². The van der Waals surface area contributed by atoms with Crippen LogP contribution in [0.2, 0.25) is 0 Å². The van der Waals surface area contributed by atoms with E-state index in [9.17, 15) is 9.59 Å². The van der Waals surface area contributed by atoms with Gasteiger partial charge in [-0.2, -0.15) is 0 Å². The van der Waals surface area contributed by atoms with Gasteiger partial charge in [-0.15, -0.1) is 6.58 Å². The maximum Gasteiger partial charge on any atom is 0.266 e. The topological polar surface area (TPSA) is 58.6 Å². The lowest BCUT2D eigenvalue weighted by molar-refractivity contribution is -0.121. The highest BCUT2D eigenvalue weighted by atomic mass is 32.2. The number of ether oxygens (including phenoxy) is 1. The monoisotopic (exact) mass is 424 g/mol. The van der Waals surface area contributed by atoms with Crippen molar-refractivity contribution in [1.29, 1.82) is 0 Å². The fraction of sp³-hybridized carbons (Fsp3) is 0.136. The quantitative estimate of drug-likeness (QED) is 0.406. The van der Waals surface area contributed by atoms with Crippen molar-refractivity contribution in [1.82, 2.24) is 4.90 Å². The molecule has 1 saturated heterocycles. The average molecular weight is 425 g/mol. The molecule has 1 N–H and O–H groups in total. The van der Waals surface area contributed by atoms with Gasteiger partial charge in [0.2, 0.25) is 0 Å². The Bertz CT molecular complexity index is 1000. The van der Waals surface area contributed by atoms with E-state index in [1.54, 1.807) is 24.3 Å². The Labute approximate surface area is 179 Å². The van der Waals surface area contributed by atoms with Crippen molar-refractivity contribution in [2.24, 2.45) is 0 Å². The number of rotatable bonds is 7. The summed E-state index contributed by atoms with van der Waals surface area (Å²) >= 11 is 6.50. The highest BCUT2D eigenvalue weighted by Gasteiger charge is 2.30. The summed E-state index contributed by atoms with van der Waals surface area (Å²) in [6.45, 7) is 5.85. The van der Waals surface area contributed by atoms with Gasteiger partial charge in [-0.25, -0.2) is 0 Å². The standard InChI is InChI=1S/C22H20N2O3S2/c1-3-11-24-21(26)19(29-22(24)28)13-16-8-6-9-17(12-16)27-14-20(25)23-18-10-5-4-7-15(18)2/h3-10,12-13H,1,11,14H2,2H3,(H,23,25)/b19-13-. The van der Waals surface area contributed by atoms with Gasteiger partial charge in [0.15, 0.2) is 6.61 Å². The zero-order valence-electron chi connectivity index (χ0n) is 15.9. The number of carbonyl (C=O) groups is 2. The largest absolute Gasteiger partial charge is 0.484 e. The Morgan fingerprint density at radius 3 is 2.83 bits per heavy atom. The van der Waals surface area contributed by atoms with Crippen LogP contribution >= 0.6 is 24.0 Å². The fourth-order valence-corrected chi connectivity index (χ4v) is 3.96. The van der Waals surface area contributed by atoms with E-state index in [1.807, 2.05) is 43.3 Å². The molecule has 0 aromatic heterocycles. The van der Waals surface area contributed by atoms with Crippen molar-refractivity contribution in [2.75, 3.05) is 18.5 Å². The van der Waals surface area contributed by atoms with Gasteiger partial charge in [0, 0.05) is 12.2 Å². The van der Waals surface area contributed by atoms with E-state index >= 15 is 0 Å². The molecule has 1 heterocycles. The highest BCUT2D eigenvalue weighted by Crippen LogP contribution is 2.32. The lowest BCUT2D eigenvalue weighted by Crippen LogP contribution is -2.27. The van der Waals surface area contributed by atoms with E-state index in [1.165, 1.54) is 16.7 Å². The second-order valence-corrected chi connectivity index (χ2v) is 7.98. The second kappa shape index (κ2) is 9.54. The summed E-state index contributed by atoms with van der Waals surface area (Å²) in [5.74, 6) is 0.166. The predicted octanol–water partition coefficient (Wildman–Crippen LogP) is 4.40. The Morgan fingerprint density at radius 1 is 1.28 bits per heavy atom. The molecule has 1 aliphatic rings. The molecule has 0 radical (unpaired) electrons. The van der Waals surface area contributed by atoms with Crippen LogP contribution in [-0.2, 0) is 9.59 Å². The van der Waals surface area contributed by atoms with E-state index in [2.05, 4.69) is 11.9 Å². The zero-order valence-corrected chi connectivity index (χ0v) is 17.5.